The Morgan fingerprint density at radius 2 is 2.00 bits per heavy atom. The molecular weight excluding hydrogens is 274 g/mol. The van der Waals surface area contributed by atoms with Crippen LogP contribution in [0.5, 0.6) is 0 Å². The number of carbonyl (C=O) groups excluding carboxylic acids is 1. The number of benzene rings is 1. The molecule has 0 amide bonds. The number of aliphatic hydroxyl groups excluding tert-OH is 1. The fourth-order valence-corrected chi connectivity index (χ4v) is 2.30. The number of methoxy groups -OCH3 is 1. The van der Waals surface area contributed by atoms with Gasteiger partial charge in [0.15, 0.2) is 5.76 Å². The highest BCUT2D eigenvalue weighted by molar-refractivity contribution is 7.98. The second-order valence-corrected chi connectivity index (χ2v) is 5.09. The van der Waals surface area contributed by atoms with E-state index < -0.39 is 5.97 Å². The van der Waals surface area contributed by atoms with Crippen LogP contribution in [0.1, 0.15) is 12.5 Å². The van der Waals surface area contributed by atoms with Gasteiger partial charge in [0.05, 0.1) is 12.8 Å². The molecule has 1 aromatic carbocycles. The van der Waals surface area contributed by atoms with Crippen molar-refractivity contribution < 1.29 is 14.6 Å². The summed E-state index contributed by atoms with van der Waals surface area (Å²) in [4.78, 5) is 16.9. The van der Waals surface area contributed by atoms with E-state index in [0.717, 1.165) is 10.5 Å². The van der Waals surface area contributed by atoms with Gasteiger partial charge in [-0.3, -0.25) is 0 Å². The Morgan fingerprint density at radius 1 is 1.35 bits per heavy atom. The lowest BCUT2D eigenvalue weighted by atomic mass is 10.1. The van der Waals surface area contributed by atoms with Crippen LogP contribution in [0.15, 0.2) is 51.2 Å². The average molecular weight is 289 g/mol. The minimum absolute atomic E-state index is 0.125. The SMILES string of the molecule is COC(=O)C1=C(O)C(=Cc2ccc(SC)cc2)N=C1C. The Morgan fingerprint density at radius 3 is 2.55 bits per heavy atom. The topological polar surface area (TPSA) is 58.9 Å². The van der Waals surface area contributed by atoms with Crippen LogP contribution >= 0.6 is 11.8 Å². The number of carbonyl (C=O) groups is 1. The number of aliphatic imine (C=N–C) groups is 1. The zero-order valence-electron chi connectivity index (χ0n) is 11.5. The predicted octanol–water partition coefficient (Wildman–Crippen LogP) is 3.21. The van der Waals surface area contributed by atoms with E-state index in [4.69, 9.17) is 0 Å². The molecule has 0 unspecified atom stereocenters. The lowest BCUT2D eigenvalue weighted by Gasteiger charge is -2.01. The van der Waals surface area contributed by atoms with Crippen LogP contribution in [-0.4, -0.2) is 30.2 Å². The molecule has 1 heterocycles. The molecule has 0 radical (unpaired) electrons. The van der Waals surface area contributed by atoms with Crippen LogP contribution in [0, 0.1) is 0 Å². The maximum atomic E-state index is 11.6. The maximum absolute atomic E-state index is 11.6. The van der Waals surface area contributed by atoms with E-state index in [1.807, 2.05) is 30.5 Å². The highest BCUT2D eigenvalue weighted by Gasteiger charge is 2.27. The Labute approximate surface area is 121 Å². The molecule has 0 bridgehead atoms. The molecule has 0 atom stereocenters. The fraction of sp³-hybridized carbons (Fsp3) is 0.200. The van der Waals surface area contributed by atoms with Gasteiger partial charge < -0.3 is 9.84 Å². The summed E-state index contributed by atoms with van der Waals surface area (Å²) < 4.78 is 4.64. The van der Waals surface area contributed by atoms with Gasteiger partial charge in [0.1, 0.15) is 11.3 Å². The standard InChI is InChI=1S/C15H15NO3S/c1-9-13(15(18)19-2)14(17)12(16-9)8-10-4-6-11(20-3)7-5-10/h4-8,17H,1-3H3. The lowest BCUT2D eigenvalue weighted by Crippen LogP contribution is -2.11. The summed E-state index contributed by atoms with van der Waals surface area (Å²) in [6.07, 6.45) is 3.74. The van der Waals surface area contributed by atoms with Crippen molar-refractivity contribution >= 4 is 29.5 Å². The third-order valence-electron chi connectivity index (χ3n) is 2.94. The normalized spacial score (nSPS) is 16.6. The second kappa shape index (κ2) is 5.96. The molecule has 5 heteroatoms. The summed E-state index contributed by atoms with van der Waals surface area (Å²) in [7, 11) is 1.28. The highest BCUT2D eigenvalue weighted by Crippen LogP contribution is 2.26. The number of rotatable bonds is 3. The van der Waals surface area contributed by atoms with Gasteiger partial charge in [0.25, 0.3) is 0 Å². The first-order valence-corrected chi connectivity index (χ1v) is 7.22. The van der Waals surface area contributed by atoms with Crippen molar-refractivity contribution in [1.82, 2.24) is 0 Å². The molecule has 0 aliphatic carbocycles. The summed E-state index contributed by atoms with van der Waals surface area (Å²) in [5.74, 6) is -0.715. The molecule has 4 nitrogen and oxygen atoms in total. The van der Waals surface area contributed by atoms with Crippen LogP contribution in [0.3, 0.4) is 0 Å². The van der Waals surface area contributed by atoms with Gasteiger partial charge in [-0.25, -0.2) is 9.79 Å². The number of thioether (sulfide) groups is 1. The zero-order valence-corrected chi connectivity index (χ0v) is 12.3. The first-order chi connectivity index (χ1) is 9.56. The van der Waals surface area contributed by atoms with Crippen molar-refractivity contribution in [1.29, 1.82) is 0 Å². The second-order valence-electron chi connectivity index (χ2n) is 4.22. The zero-order chi connectivity index (χ0) is 14.7. The molecule has 104 valence electrons. The van der Waals surface area contributed by atoms with Gasteiger partial charge in [-0.15, -0.1) is 11.8 Å². The molecule has 20 heavy (non-hydrogen) atoms. The lowest BCUT2D eigenvalue weighted by molar-refractivity contribution is -0.135. The van der Waals surface area contributed by atoms with Gasteiger partial charge in [0.2, 0.25) is 0 Å². The molecule has 1 aliphatic rings. The third-order valence-corrected chi connectivity index (χ3v) is 3.68. The van der Waals surface area contributed by atoms with Crippen molar-refractivity contribution in [3.8, 4) is 0 Å². The molecule has 0 fully saturated rings. The minimum Gasteiger partial charge on any atom is -0.505 e. The van der Waals surface area contributed by atoms with E-state index in [1.165, 1.54) is 7.11 Å². The quantitative estimate of drug-likeness (QED) is 0.685. The van der Waals surface area contributed by atoms with Crippen molar-refractivity contribution in [3.05, 3.63) is 46.9 Å². The Hall–Kier alpha value is -2.01. The Bertz CT molecular complexity index is 627. The van der Waals surface area contributed by atoms with Crippen LogP contribution in [0.2, 0.25) is 0 Å². The molecule has 1 N–H and O–H groups in total. The molecule has 0 spiro atoms. The molecule has 0 saturated heterocycles. The number of hydrogen-bond donors (Lipinski definition) is 1. The Kier molecular flexibility index (Phi) is 4.29. The first-order valence-electron chi connectivity index (χ1n) is 6.00. The fourth-order valence-electron chi connectivity index (χ4n) is 1.89. The third kappa shape index (κ3) is 2.77. The van der Waals surface area contributed by atoms with E-state index >= 15 is 0 Å². The van der Waals surface area contributed by atoms with E-state index in [1.54, 1.807) is 24.8 Å². The molecular formula is C15H15NO3S. The number of aliphatic hydroxyl groups is 1. The molecule has 0 aromatic heterocycles. The van der Waals surface area contributed by atoms with E-state index in [2.05, 4.69) is 9.73 Å². The van der Waals surface area contributed by atoms with E-state index in [-0.39, 0.29) is 11.3 Å². The van der Waals surface area contributed by atoms with Crippen molar-refractivity contribution in [2.24, 2.45) is 4.99 Å². The highest BCUT2D eigenvalue weighted by atomic mass is 32.2. The van der Waals surface area contributed by atoms with Crippen molar-refractivity contribution in [3.63, 3.8) is 0 Å². The summed E-state index contributed by atoms with van der Waals surface area (Å²) in [5.41, 5.74) is 1.87. The summed E-state index contributed by atoms with van der Waals surface area (Å²) in [5, 5.41) is 10.1. The number of hydrogen-bond acceptors (Lipinski definition) is 5. The van der Waals surface area contributed by atoms with Gasteiger partial charge >= 0.3 is 5.97 Å². The van der Waals surface area contributed by atoms with Crippen molar-refractivity contribution in [2.45, 2.75) is 11.8 Å². The maximum Gasteiger partial charge on any atom is 0.343 e. The average Bonchev–Trinajstić information content (AvgIpc) is 2.73. The van der Waals surface area contributed by atoms with E-state index in [9.17, 15) is 9.90 Å². The number of nitrogens with zero attached hydrogens (tertiary/aromatic N) is 1. The van der Waals surface area contributed by atoms with Crippen molar-refractivity contribution in [2.75, 3.05) is 13.4 Å². The van der Waals surface area contributed by atoms with Gasteiger partial charge in [-0.05, 0) is 37.0 Å². The summed E-state index contributed by atoms with van der Waals surface area (Å²) >= 11 is 1.66. The number of esters is 1. The first kappa shape index (κ1) is 14.4. The number of ether oxygens (including phenoxy) is 1. The van der Waals surface area contributed by atoms with Gasteiger partial charge in [-0.2, -0.15) is 0 Å². The largest absolute Gasteiger partial charge is 0.505 e. The Balaban J connectivity index is 2.36. The molecule has 1 aromatic rings. The van der Waals surface area contributed by atoms with E-state index in [0.29, 0.717) is 11.4 Å². The minimum atomic E-state index is -0.579. The smallest absolute Gasteiger partial charge is 0.343 e. The predicted molar refractivity (Wildman–Crippen MR) is 81.0 cm³/mol. The van der Waals surface area contributed by atoms with Gasteiger partial charge in [-0.1, -0.05) is 12.1 Å². The van der Waals surface area contributed by atoms with Crippen LogP contribution in [0.25, 0.3) is 6.08 Å². The summed E-state index contributed by atoms with van der Waals surface area (Å²) in [6.45, 7) is 1.67. The monoisotopic (exact) mass is 289 g/mol. The van der Waals surface area contributed by atoms with Crippen LogP contribution in [0.4, 0.5) is 0 Å². The van der Waals surface area contributed by atoms with Crippen LogP contribution < -0.4 is 0 Å². The molecule has 2 rings (SSSR count). The van der Waals surface area contributed by atoms with Crippen LogP contribution in [-0.2, 0) is 9.53 Å². The summed E-state index contributed by atoms with van der Waals surface area (Å²) in [6, 6.07) is 7.86. The molecule has 1 aliphatic heterocycles. The molecule has 0 saturated carbocycles. The van der Waals surface area contributed by atoms with Gasteiger partial charge in [0, 0.05) is 4.90 Å².